The summed E-state index contributed by atoms with van der Waals surface area (Å²) in [6.45, 7) is 6.28. The Balaban J connectivity index is 1.57. The van der Waals surface area contributed by atoms with E-state index in [9.17, 15) is 18.9 Å². The molecular formula is C24H33FN7O8P. The van der Waals surface area contributed by atoms with Crippen LogP contribution in [0.3, 0.4) is 0 Å². The third kappa shape index (κ3) is 6.58. The molecular weight excluding hydrogens is 564 g/mol. The number of halogens is 1. The number of aromatic nitrogens is 4. The van der Waals surface area contributed by atoms with Crippen LogP contribution in [0, 0.1) is 5.82 Å². The predicted octanol–water partition coefficient (Wildman–Crippen LogP) is 1.67. The van der Waals surface area contributed by atoms with Crippen LogP contribution < -0.4 is 25.8 Å². The number of nitrogens with two attached hydrogens (primary N) is 2. The molecule has 0 radical (unpaired) electrons. The summed E-state index contributed by atoms with van der Waals surface area (Å²) < 4.78 is 56.3. The number of nitrogen functional groups attached to an aromatic ring is 1. The Bertz CT molecular complexity index is 1420. The first-order chi connectivity index (χ1) is 19.4. The number of aliphatic hydroxyl groups is 1. The lowest BCUT2D eigenvalue weighted by Crippen LogP contribution is -2.52. The van der Waals surface area contributed by atoms with Crippen LogP contribution in [0.2, 0.25) is 0 Å². The molecule has 6 unspecified atom stereocenters. The molecule has 224 valence electrons. The van der Waals surface area contributed by atoms with Crippen molar-refractivity contribution in [1.29, 1.82) is 0 Å². The normalized spacial score (nSPS) is 24.6. The molecule has 0 bridgehead atoms. The minimum Gasteiger partial charge on any atom is -0.476 e. The summed E-state index contributed by atoms with van der Waals surface area (Å²) in [5.41, 5.74) is 11.5. The van der Waals surface area contributed by atoms with E-state index < -0.39 is 56.2 Å². The SMILES string of the molecule is CCOC(=O)C(C)NP(=O)(OCC1OC(n2cnc3c(OCC)nc(N)nc32)C(C)(N)C1O)Oc1ccc(F)cc1. The van der Waals surface area contributed by atoms with Crippen LogP contribution in [-0.2, 0) is 23.4 Å². The van der Waals surface area contributed by atoms with Crippen molar-refractivity contribution in [3.63, 3.8) is 0 Å². The second-order valence-electron chi connectivity index (χ2n) is 9.42. The number of carbonyl (C=O) groups is 1. The van der Waals surface area contributed by atoms with Gasteiger partial charge in [-0.25, -0.2) is 13.9 Å². The molecule has 1 aromatic carbocycles. The maximum Gasteiger partial charge on any atom is 0.459 e. The van der Waals surface area contributed by atoms with Gasteiger partial charge in [0.05, 0.1) is 31.7 Å². The zero-order valence-electron chi connectivity index (χ0n) is 22.9. The lowest BCUT2D eigenvalue weighted by Gasteiger charge is -2.28. The first-order valence-corrected chi connectivity index (χ1v) is 14.3. The Morgan fingerprint density at radius 1 is 1.29 bits per heavy atom. The first kappa shape index (κ1) is 30.6. The predicted molar refractivity (Wildman–Crippen MR) is 143 cm³/mol. The highest BCUT2D eigenvalue weighted by molar-refractivity contribution is 7.52. The summed E-state index contributed by atoms with van der Waals surface area (Å²) in [7, 11) is -4.33. The quantitative estimate of drug-likeness (QED) is 0.173. The fraction of sp³-hybridized carbons (Fsp3) is 0.500. The molecule has 17 heteroatoms. The average Bonchev–Trinajstić information content (AvgIpc) is 3.42. The van der Waals surface area contributed by atoms with E-state index in [4.69, 9.17) is 34.7 Å². The molecule has 3 heterocycles. The number of carbonyl (C=O) groups excluding carboxylic acids is 1. The van der Waals surface area contributed by atoms with E-state index in [1.165, 1.54) is 30.0 Å². The smallest absolute Gasteiger partial charge is 0.459 e. The molecule has 6 N–H and O–H groups in total. The number of imidazole rings is 1. The van der Waals surface area contributed by atoms with Gasteiger partial charge in [-0.15, -0.1) is 0 Å². The van der Waals surface area contributed by atoms with Crippen molar-refractivity contribution in [1.82, 2.24) is 24.6 Å². The highest BCUT2D eigenvalue weighted by Gasteiger charge is 2.53. The largest absolute Gasteiger partial charge is 0.476 e. The van der Waals surface area contributed by atoms with E-state index in [1.54, 1.807) is 20.8 Å². The lowest BCUT2D eigenvalue weighted by molar-refractivity contribution is -0.144. The van der Waals surface area contributed by atoms with Crippen molar-refractivity contribution >= 4 is 30.8 Å². The number of nitrogens with one attached hydrogen (secondary N) is 1. The van der Waals surface area contributed by atoms with Gasteiger partial charge < -0.3 is 35.3 Å². The van der Waals surface area contributed by atoms with Gasteiger partial charge in [-0.1, -0.05) is 0 Å². The van der Waals surface area contributed by atoms with E-state index in [-0.39, 0.29) is 29.8 Å². The minimum atomic E-state index is -4.33. The lowest BCUT2D eigenvalue weighted by atomic mass is 9.93. The Kier molecular flexibility index (Phi) is 9.11. The third-order valence-corrected chi connectivity index (χ3v) is 7.85. The van der Waals surface area contributed by atoms with Crippen LogP contribution in [0.4, 0.5) is 10.3 Å². The number of ether oxygens (including phenoxy) is 3. The molecule has 4 rings (SSSR count). The Morgan fingerprint density at radius 3 is 2.66 bits per heavy atom. The van der Waals surface area contributed by atoms with E-state index >= 15 is 0 Å². The molecule has 6 atom stereocenters. The summed E-state index contributed by atoms with van der Waals surface area (Å²) in [5.74, 6) is -1.14. The summed E-state index contributed by atoms with van der Waals surface area (Å²) in [6, 6.07) is 3.58. The monoisotopic (exact) mass is 597 g/mol. The van der Waals surface area contributed by atoms with Crippen molar-refractivity contribution in [3.8, 4) is 11.6 Å². The van der Waals surface area contributed by atoms with E-state index in [2.05, 4.69) is 20.0 Å². The summed E-state index contributed by atoms with van der Waals surface area (Å²) in [4.78, 5) is 24.8. The maximum atomic E-state index is 13.7. The number of hydrogen-bond donors (Lipinski definition) is 4. The molecule has 1 saturated heterocycles. The second-order valence-corrected chi connectivity index (χ2v) is 11.1. The van der Waals surface area contributed by atoms with Crippen molar-refractivity contribution in [2.24, 2.45) is 5.73 Å². The van der Waals surface area contributed by atoms with Crippen molar-refractivity contribution < 1.29 is 42.1 Å². The molecule has 0 aliphatic carbocycles. The molecule has 1 fully saturated rings. The number of esters is 1. The van der Waals surface area contributed by atoms with Crippen LogP contribution in [-0.4, -0.2) is 74.2 Å². The van der Waals surface area contributed by atoms with Crippen LogP contribution in [0.15, 0.2) is 30.6 Å². The highest BCUT2D eigenvalue weighted by Crippen LogP contribution is 2.47. The molecule has 2 aromatic heterocycles. The van der Waals surface area contributed by atoms with Crippen LogP contribution in [0.5, 0.6) is 11.6 Å². The van der Waals surface area contributed by atoms with E-state index in [1.807, 2.05) is 0 Å². The molecule has 0 spiro atoms. The fourth-order valence-electron chi connectivity index (χ4n) is 4.20. The Labute approximate surface area is 234 Å². The van der Waals surface area contributed by atoms with Crippen molar-refractivity contribution in [2.45, 2.75) is 57.7 Å². The number of aliphatic hydroxyl groups excluding tert-OH is 1. The van der Waals surface area contributed by atoms with Gasteiger partial charge in [0.2, 0.25) is 11.8 Å². The summed E-state index contributed by atoms with van der Waals surface area (Å²) in [5, 5.41) is 13.6. The standard InChI is InChI=1S/C24H33FN7O8P/c1-5-36-20-17-19(29-23(26)30-20)32(12-28-17)22-24(4,27)18(33)16(39-22)11-38-41(35,31-13(3)21(34)37-6-2)40-15-9-7-14(25)8-10-15/h7-10,12-13,16,18,22,33H,5-6,11,27H2,1-4H3,(H,31,35)(H2,26,29,30). The Hall–Kier alpha value is -3.40. The van der Waals surface area contributed by atoms with Gasteiger partial charge in [0.15, 0.2) is 17.4 Å². The minimum absolute atomic E-state index is 0.0000176. The topological polar surface area (TPSA) is 208 Å². The average molecular weight is 598 g/mol. The number of hydrogen-bond acceptors (Lipinski definition) is 13. The number of fused-ring (bicyclic) bond motifs is 1. The second kappa shape index (κ2) is 12.2. The van der Waals surface area contributed by atoms with Gasteiger partial charge in [0, 0.05) is 0 Å². The zero-order valence-corrected chi connectivity index (χ0v) is 23.8. The van der Waals surface area contributed by atoms with Crippen molar-refractivity contribution in [2.75, 3.05) is 25.6 Å². The maximum absolute atomic E-state index is 13.7. The first-order valence-electron chi connectivity index (χ1n) is 12.8. The van der Waals surface area contributed by atoms with Gasteiger partial charge in [-0.3, -0.25) is 13.9 Å². The summed E-state index contributed by atoms with van der Waals surface area (Å²) in [6.07, 6.45) is -2.08. The van der Waals surface area contributed by atoms with Crippen LogP contribution in [0.25, 0.3) is 11.2 Å². The third-order valence-electron chi connectivity index (χ3n) is 6.21. The van der Waals surface area contributed by atoms with E-state index in [0.717, 1.165) is 12.1 Å². The highest BCUT2D eigenvalue weighted by atomic mass is 31.2. The summed E-state index contributed by atoms with van der Waals surface area (Å²) >= 11 is 0. The number of anilines is 1. The molecule has 1 aliphatic heterocycles. The van der Waals surface area contributed by atoms with Crippen molar-refractivity contribution in [3.05, 3.63) is 36.4 Å². The van der Waals surface area contributed by atoms with Crippen LogP contribution in [0.1, 0.15) is 33.9 Å². The molecule has 41 heavy (non-hydrogen) atoms. The van der Waals surface area contributed by atoms with Gasteiger partial charge in [-0.05, 0) is 52.0 Å². The fourth-order valence-corrected chi connectivity index (χ4v) is 5.70. The Morgan fingerprint density at radius 2 is 2.00 bits per heavy atom. The zero-order chi connectivity index (χ0) is 29.9. The van der Waals surface area contributed by atoms with Gasteiger partial charge in [-0.2, -0.15) is 15.1 Å². The van der Waals surface area contributed by atoms with Gasteiger partial charge >= 0.3 is 13.7 Å². The number of benzene rings is 1. The van der Waals surface area contributed by atoms with Gasteiger partial charge in [0.1, 0.15) is 29.8 Å². The number of rotatable bonds is 12. The molecule has 1 aliphatic rings. The van der Waals surface area contributed by atoms with Gasteiger partial charge in [0.25, 0.3) is 0 Å². The molecule has 0 amide bonds. The molecule has 3 aromatic rings. The number of nitrogens with zero attached hydrogens (tertiary/aromatic N) is 4. The van der Waals surface area contributed by atoms with E-state index in [0.29, 0.717) is 12.1 Å². The molecule has 15 nitrogen and oxygen atoms in total. The molecule has 0 saturated carbocycles. The van der Waals surface area contributed by atoms with Crippen LogP contribution >= 0.6 is 7.75 Å².